The number of hydrogen-bond acceptors (Lipinski definition) is 9. The van der Waals surface area contributed by atoms with Gasteiger partial charge in [0.25, 0.3) is 5.89 Å². The molecule has 0 bridgehead atoms. The van der Waals surface area contributed by atoms with Gasteiger partial charge in [0.1, 0.15) is 17.1 Å². The van der Waals surface area contributed by atoms with E-state index in [2.05, 4.69) is 20.2 Å². The van der Waals surface area contributed by atoms with E-state index < -0.39 is 17.7 Å². The molecule has 0 saturated heterocycles. The summed E-state index contributed by atoms with van der Waals surface area (Å²) in [7, 11) is 3.02. The number of benzene rings is 1. The summed E-state index contributed by atoms with van der Waals surface area (Å²) >= 11 is 0. The van der Waals surface area contributed by atoms with Crippen molar-refractivity contribution in [3.8, 4) is 28.7 Å². The highest BCUT2D eigenvalue weighted by Crippen LogP contribution is 2.32. The number of halogens is 3. The van der Waals surface area contributed by atoms with E-state index in [-0.39, 0.29) is 29.7 Å². The molecule has 0 aliphatic carbocycles. The molecule has 0 atom stereocenters. The molecule has 0 aliphatic rings. The summed E-state index contributed by atoms with van der Waals surface area (Å²) < 4.78 is 60.4. The number of aromatic nitrogens is 5. The Hall–Kier alpha value is -4.42. The number of esters is 1. The van der Waals surface area contributed by atoms with E-state index in [1.54, 1.807) is 25.1 Å². The third kappa shape index (κ3) is 4.93. The Morgan fingerprint density at radius 2 is 1.91 bits per heavy atom. The second-order valence-electron chi connectivity index (χ2n) is 7.11. The van der Waals surface area contributed by atoms with Gasteiger partial charge >= 0.3 is 12.1 Å². The molecule has 3 aromatic heterocycles. The van der Waals surface area contributed by atoms with Crippen LogP contribution in [0.25, 0.3) is 17.2 Å². The summed E-state index contributed by atoms with van der Waals surface area (Å²) in [6, 6.07) is 7.11. The second kappa shape index (κ2) is 9.44. The molecular formula is C22H18F3N5O5. The second-order valence-corrected chi connectivity index (χ2v) is 7.11. The van der Waals surface area contributed by atoms with Crippen molar-refractivity contribution in [1.82, 2.24) is 24.9 Å². The number of rotatable bonds is 7. The highest BCUT2D eigenvalue weighted by Gasteiger charge is 2.31. The Kier molecular flexibility index (Phi) is 6.40. The fraction of sp³-hybridized carbons (Fsp3) is 0.227. The summed E-state index contributed by atoms with van der Waals surface area (Å²) in [5.41, 5.74) is 0.0902. The van der Waals surface area contributed by atoms with Crippen molar-refractivity contribution in [3.63, 3.8) is 0 Å². The van der Waals surface area contributed by atoms with Crippen LogP contribution in [0.4, 0.5) is 13.2 Å². The zero-order valence-corrected chi connectivity index (χ0v) is 18.7. The van der Waals surface area contributed by atoms with E-state index in [4.69, 9.17) is 18.7 Å². The maximum atomic E-state index is 12.8. The minimum Gasteiger partial charge on any atom is -0.497 e. The SMILES string of the molecule is COc1ccc(-c2noc(COC(=O)c3cnn(-c4ccc(C(F)(F)F)cn4)c3C)n2)c(OC)c1. The minimum absolute atomic E-state index is 0.0423. The molecule has 13 heteroatoms. The molecule has 1 aromatic carbocycles. The highest BCUT2D eigenvalue weighted by atomic mass is 19.4. The van der Waals surface area contributed by atoms with Gasteiger partial charge in [-0.25, -0.2) is 14.5 Å². The summed E-state index contributed by atoms with van der Waals surface area (Å²) in [6.45, 7) is 1.25. The molecule has 0 fully saturated rings. The average molecular weight is 489 g/mol. The van der Waals surface area contributed by atoms with Crippen LogP contribution >= 0.6 is 0 Å². The smallest absolute Gasteiger partial charge is 0.417 e. The number of alkyl halides is 3. The van der Waals surface area contributed by atoms with Gasteiger partial charge in [-0.05, 0) is 31.2 Å². The van der Waals surface area contributed by atoms with Crippen molar-refractivity contribution in [3.05, 3.63) is 65.4 Å². The zero-order chi connectivity index (χ0) is 25.2. The van der Waals surface area contributed by atoms with Gasteiger partial charge in [0, 0.05) is 12.3 Å². The lowest BCUT2D eigenvalue weighted by Gasteiger charge is -2.08. The van der Waals surface area contributed by atoms with Gasteiger partial charge in [0.2, 0.25) is 5.82 Å². The third-order valence-electron chi connectivity index (χ3n) is 4.97. The standard InChI is InChI=1S/C22H18F3N5O5/c1-12-16(10-27-30(12)18-7-4-13(9-26-18)22(23,24)25)21(31)34-11-19-28-20(29-35-19)15-6-5-14(32-2)8-17(15)33-3/h4-10H,11H2,1-3H3. The van der Waals surface area contributed by atoms with Gasteiger partial charge in [0.15, 0.2) is 12.4 Å². The first-order valence-corrected chi connectivity index (χ1v) is 10.0. The third-order valence-corrected chi connectivity index (χ3v) is 4.97. The Labute approximate surface area is 196 Å². The molecule has 3 heterocycles. The molecule has 0 unspecified atom stereocenters. The van der Waals surface area contributed by atoms with Crippen molar-refractivity contribution in [2.75, 3.05) is 14.2 Å². The van der Waals surface area contributed by atoms with Crippen molar-refractivity contribution in [2.45, 2.75) is 19.7 Å². The maximum absolute atomic E-state index is 12.8. The maximum Gasteiger partial charge on any atom is 0.417 e. The molecule has 35 heavy (non-hydrogen) atoms. The highest BCUT2D eigenvalue weighted by molar-refractivity contribution is 5.90. The predicted octanol–water partition coefficient (Wildman–Crippen LogP) is 4.02. The number of pyridine rings is 1. The van der Waals surface area contributed by atoms with Crippen molar-refractivity contribution < 1.29 is 36.7 Å². The molecule has 10 nitrogen and oxygen atoms in total. The minimum atomic E-state index is -4.51. The first kappa shape index (κ1) is 23.7. The molecule has 0 amide bonds. The summed E-state index contributed by atoms with van der Waals surface area (Å²) in [6.07, 6.45) is -2.58. The molecule has 4 rings (SSSR count). The lowest BCUT2D eigenvalue weighted by molar-refractivity contribution is -0.137. The lowest BCUT2D eigenvalue weighted by Crippen LogP contribution is -2.09. The quantitative estimate of drug-likeness (QED) is 0.355. The molecular weight excluding hydrogens is 471 g/mol. The zero-order valence-electron chi connectivity index (χ0n) is 18.7. The van der Waals surface area contributed by atoms with Gasteiger partial charge < -0.3 is 18.7 Å². The molecule has 182 valence electrons. The number of carbonyl (C=O) groups is 1. The van der Waals surface area contributed by atoms with Crippen molar-refractivity contribution in [1.29, 1.82) is 0 Å². The number of ether oxygens (including phenoxy) is 3. The topological polar surface area (TPSA) is 114 Å². The Balaban J connectivity index is 1.45. The van der Waals surface area contributed by atoms with E-state index in [0.29, 0.717) is 29.0 Å². The van der Waals surface area contributed by atoms with Crippen molar-refractivity contribution in [2.24, 2.45) is 0 Å². The molecule has 0 aliphatic heterocycles. The molecule has 0 spiro atoms. The largest absolute Gasteiger partial charge is 0.497 e. The van der Waals surface area contributed by atoms with E-state index in [1.807, 2.05) is 0 Å². The summed E-state index contributed by atoms with van der Waals surface area (Å²) in [4.78, 5) is 20.5. The van der Waals surface area contributed by atoms with Crippen LogP contribution in [0.3, 0.4) is 0 Å². The van der Waals surface area contributed by atoms with Crippen LogP contribution in [0.5, 0.6) is 11.5 Å². The van der Waals surface area contributed by atoms with Crippen LogP contribution in [-0.2, 0) is 17.5 Å². The van der Waals surface area contributed by atoms with Crippen LogP contribution in [0.15, 0.2) is 47.2 Å². The number of hydrogen-bond donors (Lipinski definition) is 0. The first-order valence-electron chi connectivity index (χ1n) is 10.0. The number of carbonyl (C=O) groups excluding carboxylic acids is 1. The Bertz CT molecular complexity index is 1350. The Morgan fingerprint density at radius 1 is 1.11 bits per heavy atom. The first-order chi connectivity index (χ1) is 16.7. The van der Waals surface area contributed by atoms with Gasteiger partial charge in [0.05, 0.1) is 37.2 Å². The molecule has 4 aromatic rings. The van der Waals surface area contributed by atoms with Gasteiger partial charge in [-0.2, -0.15) is 23.3 Å². The van der Waals surface area contributed by atoms with E-state index in [1.165, 1.54) is 25.1 Å². The van der Waals surface area contributed by atoms with Crippen LogP contribution in [0.2, 0.25) is 0 Å². The van der Waals surface area contributed by atoms with Crippen LogP contribution in [0, 0.1) is 6.92 Å². The van der Waals surface area contributed by atoms with E-state index >= 15 is 0 Å². The Morgan fingerprint density at radius 3 is 2.57 bits per heavy atom. The molecule has 0 radical (unpaired) electrons. The normalized spacial score (nSPS) is 11.4. The predicted molar refractivity (Wildman–Crippen MR) is 113 cm³/mol. The monoisotopic (exact) mass is 489 g/mol. The molecule has 0 N–H and O–H groups in total. The fourth-order valence-corrected chi connectivity index (χ4v) is 3.13. The summed E-state index contributed by atoms with van der Waals surface area (Å²) in [5.74, 6) is 0.708. The lowest BCUT2D eigenvalue weighted by atomic mass is 10.2. The fourth-order valence-electron chi connectivity index (χ4n) is 3.13. The van der Waals surface area contributed by atoms with Crippen LogP contribution < -0.4 is 9.47 Å². The van der Waals surface area contributed by atoms with E-state index in [9.17, 15) is 18.0 Å². The average Bonchev–Trinajstić information content (AvgIpc) is 3.48. The van der Waals surface area contributed by atoms with Crippen LogP contribution in [-0.4, -0.2) is 45.1 Å². The van der Waals surface area contributed by atoms with Gasteiger partial charge in [-0.15, -0.1) is 0 Å². The van der Waals surface area contributed by atoms with Crippen LogP contribution in [0.1, 0.15) is 27.5 Å². The summed E-state index contributed by atoms with van der Waals surface area (Å²) in [5, 5.41) is 7.91. The van der Waals surface area contributed by atoms with Crippen molar-refractivity contribution >= 4 is 5.97 Å². The molecule has 0 saturated carbocycles. The van der Waals surface area contributed by atoms with E-state index in [0.717, 1.165) is 12.1 Å². The van der Waals surface area contributed by atoms with Gasteiger partial charge in [-0.3, -0.25) is 0 Å². The number of methoxy groups -OCH3 is 2. The number of nitrogens with zero attached hydrogens (tertiary/aromatic N) is 5. The van der Waals surface area contributed by atoms with Gasteiger partial charge in [-0.1, -0.05) is 5.16 Å².